The zero-order valence-electron chi connectivity index (χ0n) is 14.1. The molecule has 4 heteroatoms. The van der Waals surface area contributed by atoms with Crippen LogP contribution in [0.4, 0.5) is 5.69 Å². The van der Waals surface area contributed by atoms with Crippen LogP contribution in [0.5, 0.6) is 0 Å². The number of benzene rings is 1. The maximum absolute atomic E-state index is 12.4. The molecule has 1 fully saturated rings. The molecule has 3 atom stereocenters. The van der Waals surface area contributed by atoms with Crippen molar-refractivity contribution >= 4 is 11.6 Å². The van der Waals surface area contributed by atoms with E-state index in [2.05, 4.69) is 44.0 Å². The van der Waals surface area contributed by atoms with Gasteiger partial charge >= 0.3 is 0 Å². The number of amides is 1. The zero-order chi connectivity index (χ0) is 16.1. The molecule has 2 rings (SSSR count). The highest BCUT2D eigenvalue weighted by molar-refractivity contribution is 5.93. The first-order valence-electron chi connectivity index (χ1n) is 8.26. The Balaban J connectivity index is 1.97. The molecule has 4 nitrogen and oxygen atoms in total. The Morgan fingerprint density at radius 3 is 2.59 bits per heavy atom. The van der Waals surface area contributed by atoms with Gasteiger partial charge in [-0.15, -0.1) is 0 Å². The topological polar surface area (TPSA) is 41.6 Å². The molecule has 0 bridgehead atoms. The van der Waals surface area contributed by atoms with Gasteiger partial charge in [0.15, 0.2) is 0 Å². The van der Waals surface area contributed by atoms with Crippen molar-refractivity contribution in [2.24, 2.45) is 0 Å². The number of rotatable bonds is 5. The van der Waals surface area contributed by atoms with Gasteiger partial charge in [-0.25, -0.2) is 0 Å². The van der Waals surface area contributed by atoms with Crippen molar-refractivity contribution < 1.29 is 9.53 Å². The lowest BCUT2D eigenvalue weighted by Crippen LogP contribution is -2.48. The highest BCUT2D eigenvalue weighted by Crippen LogP contribution is 2.26. The minimum atomic E-state index is 0.0528. The second-order valence-electron chi connectivity index (χ2n) is 6.40. The Hall–Kier alpha value is -1.39. The van der Waals surface area contributed by atoms with Crippen LogP contribution in [0, 0.1) is 0 Å². The summed E-state index contributed by atoms with van der Waals surface area (Å²) >= 11 is 0. The number of carbonyl (C=O) groups is 1. The summed E-state index contributed by atoms with van der Waals surface area (Å²) in [5, 5.41) is 3.08. The lowest BCUT2D eigenvalue weighted by Gasteiger charge is -2.34. The van der Waals surface area contributed by atoms with E-state index in [1.54, 1.807) is 0 Å². The normalized spacial score (nSPS) is 24.0. The molecule has 1 aliphatic rings. The van der Waals surface area contributed by atoms with E-state index in [4.69, 9.17) is 4.74 Å². The van der Waals surface area contributed by atoms with Gasteiger partial charge in [0, 0.05) is 18.8 Å². The standard InChI is InChI=1S/C18H28N2O2/c1-5-13(2)16-8-6-7-9-17(16)19-18(21)12-20-10-14(3)22-15(4)11-20/h6-9,13-15H,5,10-12H2,1-4H3,(H,19,21)/t13-,14-,15+/m1/s1. The Morgan fingerprint density at radius 2 is 1.95 bits per heavy atom. The van der Waals surface area contributed by atoms with E-state index in [1.807, 2.05) is 18.2 Å². The summed E-state index contributed by atoms with van der Waals surface area (Å²) in [5.41, 5.74) is 2.15. The van der Waals surface area contributed by atoms with Crippen LogP contribution in [0.3, 0.4) is 0 Å². The summed E-state index contributed by atoms with van der Waals surface area (Å²) < 4.78 is 5.71. The quantitative estimate of drug-likeness (QED) is 0.908. The number of ether oxygens (including phenoxy) is 1. The number of nitrogens with one attached hydrogen (secondary N) is 1. The first-order valence-corrected chi connectivity index (χ1v) is 8.26. The molecule has 1 aromatic carbocycles. The van der Waals surface area contributed by atoms with Crippen molar-refractivity contribution in [3.63, 3.8) is 0 Å². The van der Waals surface area contributed by atoms with Crippen LogP contribution < -0.4 is 5.32 Å². The molecule has 1 saturated heterocycles. The summed E-state index contributed by atoms with van der Waals surface area (Å²) in [6.45, 7) is 10.5. The van der Waals surface area contributed by atoms with Crippen molar-refractivity contribution in [2.45, 2.75) is 52.2 Å². The van der Waals surface area contributed by atoms with Gasteiger partial charge in [0.2, 0.25) is 5.91 Å². The van der Waals surface area contributed by atoms with Crippen LogP contribution >= 0.6 is 0 Å². The van der Waals surface area contributed by atoms with E-state index in [0.29, 0.717) is 12.5 Å². The van der Waals surface area contributed by atoms with Gasteiger partial charge < -0.3 is 10.1 Å². The fourth-order valence-corrected chi connectivity index (χ4v) is 3.07. The van der Waals surface area contributed by atoms with Gasteiger partial charge in [0.05, 0.1) is 18.8 Å². The second kappa shape index (κ2) is 7.75. The van der Waals surface area contributed by atoms with Crippen molar-refractivity contribution in [3.8, 4) is 0 Å². The Morgan fingerprint density at radius 1 is 1.32 bits per heavy atom. The van der Waals surface area contributed by atoms with E-state index in [-0.39, 0.29) is 18.1 Å². The molecular formula is C18H28N2O2. The molecule has 1 aromatic rings. The molecular weight excluding hydrogens is 276 g/mol. The number of para-hydroxylation sites is 1. The average molecular weight is 304 g/mol. The van der Waals surface area contributed by atoms with Crippen LogP contribution in [0.1, 0.15) is 45.6 Å². The molecule has 0 radical (unpaired) electrons. The van der Waals surface area contributed by atoms with Gasteiger partial charge in [0.25, 0.3) is 0 Å². The highest BCUT2D eigenvalue weighted by Gasteiger charge is 2.24. The Kier molecular flexibility index (Phi) is 5.98. The van der Waals surface area contributed by atoms with Crippen LogP contribution in [0.15, 0.2) is 24.3 Å². The van der Waals surface area contributed by atoms with Crippen molar-refractivity contribution in [1.29, 1.82) is 0 Å². The number of hydrogen-bond donors (Lipinski definition) is 1. The lowest BCUT2D eigenvalue weighted by atomic mass is 9.97. The first kappa shape index (κ1) is 17.0. The van der Waals surface area contributed by atoms with E-state index in [1.165, 1.54) is 5.56 Å². The summed E-state index contributed by atoms with van der Waals surface area (Å²) in [6.07, 6.45) is 1.43. The highest BCUT2D eigenvalue weighted by atomic mass is 16.5. The minimum Gasteiger partial charge on any atom is -0.373 e. The van der Waals surface area contributed by atoms with Gasteiger partial charge in [-0.05, 0) is 37.8 Å². The molecule has 22 heavy (non-hydrogen) atoms. The van der Waals surface area contributed by atoms with Gasteiger partial charge in [-0.3, -0.25) is 9.69 Å². The van der Waals surface area contributed by atoms with Crippen LogP contribution in [0.25, 0.3) is 0 Å². The molecule has 1 heterocycles. The van der Waals surface area contributed by atoms with Crippen molar-refractivity contribution in [1.82, 2.24) is 4.90 Å². The summed E-state index contributed by atoms with van der Waals surface area (Å²) in [5.74, 6) is 0.497. The third-order valence-electron chi connectivity index (χ3n) is 4.24. The SMILES string of the molecule is CC[C@@H](C)c1ccccc1NC(=O)CN1C[C@@H](C)O[C@@H](C)C1. The van der Waals surface area contributed by atoms with Crippen molar-refractivity contribution in [3.05, 3.63) is 29.8 Å². The van der Waals surface area contributed by atoms with Crippen LogP contribution in [0.2, 0.25) is 0 Å². The summed E-state index contributed by atoms with van der Waals surface area (Å²) in [4.78, 5) is 14.5. The maximum atomic E-state index is 12.4. The second-order valence-corrected chi connectivity index (χ2v) is 6.40. The molecule has 0 unspecified atom stereocenters. The molecule has 0 aliphatic carbocycles. The number of anilines is 1. The molecule has 1 amide bonds. The third kappa shape index (κ3) is 4.55. The van der Waals surface area contributed by atoms with E-state index < -0.39 is 0 Å². The van der Waals surface area contributed by atoms with Crippen LogP contribution in [-0.2, 0) is 9.53 Å². The van der Waals surface area contributed by atoms with E-state index in [9.17, 15) is 4.79 Å². The van der Waals surface area contributed by atoms with Gasteiger partial charge in [-0.2, -0.15) is 0 Å². The van der Waals surface area contributed by atoms with Crippen molar-refractivity contribution in [2.75, 3.05) is 25.0 Å². The fourth-order valence-electron chi connectivity index (χ4n) is 3.07. The molecule has 0 spiro atoms. The van der Waals surface area contributed by atoms with Crippen LogP contribution in [-0.4, -0.2) is 42.6 Å². The molecule has 0 saturated carbocycles. The Bertz CT molecular complexity index is 494. The maximum Gasteiger partial charge on any atom is 0.238 e. The Labute approximate surface area is 133 Å². The van der Waals surface area contributed by atoms with Gasteiger partial charge in [0.1, 0.15) is 0 Å². The number of morpholine rings is 1. The number of carbonyl (C=O) groups excluding carboxylic acids is 1. The molecule has 122 valence electrons. The summed E-state index contributed by atoms with van der Waals surface area (Å²) in [6, 6.07) is 8.09. The lowest BCUT2D eigenvalue weighted by molar-refractivity contribution is -0.121. The first-order chi connectivity index (χ1) is 10.5. The molecule has 1 N–H and O–H groups in total. The third-order valence-corrected chi connectivity index (χ3v) is 4.24. The fraction of sp³-hybridized carbons (Fsp3) is 0.611. The average Bonchev–Trinajstić information content (AvgIpc) is 2.45. The summed E-state index contributed by atoms with van der Waals surface area (Å²) in [7, 11) is 0. The minimum absolute atomic E-state index is 0.0528. The largest absolute Gasteiger partial charge is 0.373 e. The van der Waals surface area contributed by atoms with Gasteiger partial charge in [-0.1, -0.05) is 32.0 Å². The smallest absolute Gasteiger partial charge is 0.238 e. The van der Waals surface area contributed by atoms with E-state index in [0.717, 1.165) is 25.2 Å². The predicted octanol–water partition coefficient (Wildman–Crippen LogP) is 3.25. The zero-order valence-corrected chi connectivity index (χ0v) is 14.1. The number of hydrogen-bond acceptors (Lipinski definition) is 3. The molecule has 1 aliphatic heterocycles. The number of nitrogens with zero attached hydrogens (tertiary/aromatic N) is 1. The van der Waals surface area contributed by atoms with E-state index >= 15 is 0 Å². The molecule has 0 aromatic heterocycles. The monoisotopic (exact) mass is 304 g/mol. The predicted molar refractivity (Wildman–Crippen MR) is 90.2 cm³/mol.